The van der Waals surface area contributed by atoms with Crippen LogP contribution in [0.4, 0.5) is 0 Å². The van der Waals surface area contributed by atoms with Crippen LogP contribution >= 0.6 is 0 Å². The molecule has 3 aliphatic rings. The van der Waals surface area contributed by atoms with Crippen LogP contribution in [0, 0.1) is 0 Å². The summed E-state index contributed by atoms with van der Waals surface area (Å²) in [6.07, 6.45) is 0.958. The fourth-order valence-corrected chi connectivity index (χ4v) is 6.27. The van der Waals surface area contributed by atoms with Gasteiger partial charge in [0.25, 0.3) is 0 Å². The van der Waals surface area contributed by atoms with Crippen LogP contribution in [0.1, 0.15) is 42.5 Å². The highest BCUT2D eigenvalue weighted by molar-refractivity contribution is 6.64. The maximum atomic E-state index is 6.51. The lowest BCUT2D eigenvalue weighted by Crippen LogP contribution is -2.38. The second-order valence-corrected chi connectivity index (χ2v) is 10.0. The van der Waals surface area contributed by atoms with Gasteiger partial charge in [-0.1, -0.05) is 103 Å². The molecule has 0 amide bonds. The average Bonchev–Trinajstić information content (AvgIpc) is 3.12. The Labute approximate surface area is 195 Å². The molecule has 4 aromatic carbocycles. The van der Waals surface area contributed by atoms with Gasteiger partial charge in [0, 0.05) is 6.42 Å². The number of rotatable bonds is 3. The molecule has 33 heavy (non-hydrogen) atoms. The molecule has 0 N–H and O–H groups in total. The first-order chi connectivity index (χ1) is 16.1. The van der Waals surface area contributed by atoms with Crippen molar-refractivity contribution in [3.8, 4) is 11.1 Å². The molecule has 1 aliphatic heterocycles. The molecular formula is C30H25BO2. The van der Waals surface area contributed by atoms with Crippen molar-refractivity contribution in [3.63, 3.8) is 0 Å². The van der Waals surface area contributed by atoms with Gasteiger partial charge in [0.05, 0.1) is 16.6 Å². The molecule has 7 rings (SSSR count). The van der Waals surface area contributed by atoms with Crippen LogP contribution in [-0.2, 0) is 14.7 Å². The zero-order chi connectivity index (χ0) is 22.3. The molecule has 160 valence electrons. The van der Waals surface area contributed by atoms with Crippen LogP contribution in [0.25, 0.3) is 11.1 Å². The molecule has 2 nitrogen and oxygen atoms in total. The first kappa shape index (κ1) is 19.3. The second kappa shape index (κ2) is 6.47. The molecule has 3 heteroatoms. The molecule has 1 saturated carbocycles. The predicted octanol–water partition coefficient (Wildman–Crippen LogP) is 5.71. The second-order valence-electron chi connectivity index (χ2n) is 10.0. The Bertz CT molecular complexity index is 1330. The highest BCUT2D eigenvalue weighted by Crippen LogP contribution is 2.59. The van der Waals surface area contributed by atoms with E-state index in [0.717, 1.165) is 11.9 Å². The third-order valence-corrected chi connectivity index (χ3v) is 8.17. The summed E-state index contributed by atoms with van der Waals surface area (Å²) in [6, 6.07) is 37.3. The molecule has 2 aliphatic carbocycles. The van der Waals surface area contributed by atoms with Gasteiger partial charge in [-0.3, -0.25) is 0 Å². The van der Waals surface area contributed by atoms with Crippen molar-refractivity contribution >= 4 is 12.6 Å². The Morgan fingerprint density at radius 1 is 0.606 bits per heavy atom. The lowest BCUT2D eigenvalue weighted by atomic mass is 9.66. The Balaban J connectivity index is 1.55. The standard InChI is InChI=1S/C30H25BO2/c1-28-20-29(28,2)33-31(32-28)26-19-11-18-25-27(26)23-16-9-10-17-24(23)30(25,21-12-5-3-6-13-21)22-14-7-4-8-15-22/h3-19H,20H2,1-2H3. The van der Waals surface area contributed by atoms with Crippen molar-refractivity contribution in [1.29, 1.82) is 0 Å². The van der Waals surface area contributed by atoms with Crippen molar-refractivity contribution in [1.82, 2.24) is 0 Å². The Hall–Kier alpha value is -3.14. The summed E-state index contributed by atoms with van der Waals surface area (Å²) in [7, 11) is -0.348. The van der Waals surface area contributed by atoms with Crippen LogP contribution in [0.5, 0.6) is 0 Å². The van der Waals surface area contributed by atoms with E-state index in [1.807, 2.05) is 0 Å². The van der Waals surface area contributed by atoms with E-state index in [9.17, 15) is 0 Å². The molecule has 2 atom stereocenters. The third kappa shape index (κ3) is 2.42. The maximum Gasteiger partial charge on any atom is 0.495 e. The van der Waals surface area contributed by atoms with Gasteiger partial charge >= 0.3 is 7.12 Å². The molecule has 0 aromatic heterocycles. The Morgan fingerprint density at radius 3 is 1.79 bits per heavy atom. The highest BCUT2D eigenvalue weighted by atomic mass is 16.7. The normalized spacial score (nSPS) is 25.9. The average molecular weight is 428 g/mol. The van der Waals surface area contributed by atoms with E-state index in [0.29, 0.717) is 0 Å². The predicted molar refractivity (Wildman–Crippen MR) is 133 cm³/mol. The van der Waals surface area contributed by atoms with Crippen molar-refractivity contribution in [2.45, 2.75) is 36.9 Å². The van der Waals surface area contributed by atoms with E-state index >= 15 is 0 Å². The molecule has 0 bridgehead atoms. The van der Waals surface area contributed by atoms with Gasteiger partial charge in [0.2, 0.25) is 0 Å². The highest BCUT2D eigenvalue weighted by Gasteiger charge is 2.71. The molecule has 1 saturated heterocycles. The van der Waals surface area contributed by atoms with Crippen LogP contribution in [0.2, 0.25) is 0 Å². The van der Waals surface area contributed by atoms with Gasteiger partial charge in [-0.2, -0.15) is 0 Å². The smallest absolute Gasteiger partial charge is 0.399 e. The third-order valence-electron chi connectivity index (χ3n) is 8.17. The SMILES string of the molecule is CC12CC1(C)OB(c1cccc3c1-c1ccccc1C3(c1ccccc1)c1ccccc1)O2. The first-order valence-electron chi connectivity index (χ1n) is 11.8. The van der Waals surface area contributed by atoms with E-state index in [4.69, 9.17) is 9.31 Å². The molecule has 0 radical (unpaired) electrons. The molecule has 2 fully saturated rings. The lowest BCUT2D eigenvalue weighted by molar-refractivity contribution is 0.187. The number of hydrogen-bond acceptors (Lipinski definition) is 2. The van der Waals surface area contributed by atoms with Gasteiger partial charge in [0.1, 0.15) is 0 Å². The number of hydrogen-bond donors (Lipinski definition) is 0. The van der Waals surface area contributed by atoms with Crippen LogP contribution < -0.4 is 5.46 Å². The Morgan fingerprint density at radius 2 is 1.15 bits per heavy atom. The van der Waals surface area contributed by atoms with Gasteiger partial charge in [-0.05, 0) is 52.7 Å². The van der Waals surface area contributed by atoms with Crippen molar-refractivity contribution in [3.05, 3.63) is 125 Å². The van der Waals surface area contributed by atoms with Gasteiger partial charge in [-0.15, -0.1) is 0 Å². The minimum atomic E-state index is -0.389. The van der Waals surface area contributed by atoms with Gasteiger partial charge in [-0.25, -0.2) is 0 Å². The quantitative estimate of drug-likeness (QED) is 0.343. The first-order valence-corrected chi connectivity index (χ1v) is 11.8. The minimum Gasteiger partial charge on any atom is -0.399 e. The maximum absolute atomic E-state index is 6.51. The monoisotopic (exact) mass is 428 g/mol. The largest absolute Gasteiger partial charge is 0.495 e. The fraction of sp³-hybridized carbons (Fsp3) is 0.200. The summed E-state index contributed by atoms with van der Waals surface area (Å²) in [5.41, 5.74) is 8.03. The van der Waals surface area contributed by atoms with Crippen molar-refractivity contribution in [2.75, 3.05) is 0 Å². The zero-order valence-electron chi connectivity index (χ0n) is 18.9. The van der Waals surface area contributed by atoms with E-state index < -0.39 is 0 Å². The van der Waals surface area contributed by atoms with E-state index in [1.165, 1.54) is 33.4 Å². The van der Waals surface area contributed by atoms with Crippen LogP contribution in [0.3, 0.4) is 0 Å². The summed E-state index contributed by atoms with van der Waals surface area (Å²) in [5.74, 6) is 0. The summed E-state index contributed by atoms with van der Waals surface area (Å²) < 4.78 is 13.0. The topological polar surface area (TPSA) is 18.5 Å². The Kier molecular flexibility index (Phi) is 3.79. The van der Waals surface area contributed by atoms with Crippen molar-refractivity contribution in [2.24, 2.45) is 0 Å². The molecule has 1 heterocycles. The summed E-state index contributed by atoms with van der Waals surface area (Å²) in [6.45, 7) is 4.34. The van der Waals surface area contributed by atoms with Crippen LogP contribution in [-0.4, -0.2) is 18.3 Å². The zero-order valence-corrected chi connectivity index (χ0v) is 18.9. The summed E-state index contributed by atoms with van der Waals surface area (Å²) in [5, 5.41) is 0. The van der Waals surface area contributed by atoms with E-state index in [2.05, 4.69) is 117 Å². The van der Waals surface area contributed by atoms with Gasteiger partial charge < -0.3 is 9.31 Å². The number of benzene rings is 4. The summed E-state index contributed by atoms with van der Waals surface area (Å²) >= 11 is 0. The van der Waals surface area contributed by atoms with Gasteiger partial charge in [0.15, 0.2) is 0 Å². The molecular weight excluding hydrogens is 403 g/mol. The lowest BCUT2D eigenvalue weighted by Gasteiger charge is -2.34. The molecule has 2 unspecified atom stereocenters. The van der Waals surface area contributed by atoms with E-state index in [1.54, 1.807) is 0 Å². The van der Waals surface area contributed by atoms with Crippen molar-refractivity contribution < 1.29 is 9.31 Å². The summed E-state index contributed by atoms with van der Waals surface area (Å²) in [4.78, 5) is 0. The van der Waals surface area contributed by atoms with Crippen LogP contribution in [0.15, 0.2) is 103 Å². The minimum absolute atomic E-state index is 0.186. The number of fused-ring (bicyclic) bond motifs is 4. The fourth-order valence-electron chi connectivity index (χ4n) is 6.27. The van der Waals surface area contributed by atoms with E-state index in [-0.39, 0.29) is 23.7 Å². The molecule has 4 aromatic rings. The molecule has 0 spiro atoms.